The number of sulfonamides is 1. The number of benzene rings is 2. The van der Waals surface area contributed by atoms with Crippen molar-refractivity contribution in [3.63, 3.8) is 0 Å². The molecule has 0 bridgehead atoms. The molecule has 0 atom stereocenters. The van der Waals surface area contributed by atoms with Crippen molar-refractivity contribution >= 4 is 21.6 Å². The molecule has 3 rings (SSSR count). The molecule has 2 aromatic carbocycles. The first-order chi connectivity index (χ1) is 13.9. The Morgan fingerprint density at radius 3 is 2.55 bits per heavy atom. The first kappa shape index (κ1) is 21.7. The summed E-state index contributed by atoms with van der Waals surface area (Å²) in [5, 5.41) is 9.89. The van der Waals surface area contributed by atoms with Crippen LogP contribution in [0.5, 0.6) is 17.2 Å². The molecule has 29 heavy (non-hydrogen) atoms. The summed E-state index contributed by atoms with van der Waals surface area (Å²) in [6.07, 6.45) is 1.54. The van der Waals surface area contributed by atoms with Gasteiger partial charge in [0.2, 0.25) is 10.0 Å². The van der Waals surface area contributed by atoms with Crippen LogP contribution in [0.15, 0.2) is 35.2 Å². The fraction of sp³-hybridized carbons (Fsp3) is 0.400. The lowest BCUT2D eigenvalue weighted by Crippen LogP contribution is -2.33. The number of fused-ring (bicyclic) bond motifs is 1. The van der Waals surface area contributed by atoms with Crippen LogP contribution in [0.3, 0.4) is 0 Å². The van der Waals surface area contributed by atoms with Crippen molar-refractivity contribution < 1.29 is 23.0 Å². The van der Waals surface area contributed by atoms with Gasteiger partial charge in [-0.15, -0.1) is 0 Å². The van der Waals surface area contributed by atoms with Crippen LogP contribution in [-0.2, 0) is 23.0 Å². The largest absolute Gasteiger partial charge is 0.505 e. The lowest BCUT2D eigenvalue weighted by Gasteiger charge is -2.29. The molecule has 0 radical (unpaired) electrons. The van der Waals surface area contributed by atoms with Crippen molar-refractivity contribution in [2.45, 2.75) is 24.3 Å². The number of nitrogens with one attached hydrogen (secondary N) is 1. The van der Waals surface area contributed by atoms with Crippen molar-refractivity contribution in [3.05, 3.63) is 46.5 Å². The Kier molecular flexibility index (Phi) is 6.89. The highest BCUT2D eigenvalue weighted by Crippen LogP contribution is 2.33. The number of methoxy groups -OCH3 is 2. The number of halogens is 1. The number of hydrogen-bond acceptors (Lipinski definition) is 6. The van der Waals surface area contributed by atoms with Crippen LogP contribution in [0.25, 0.3) is 0 Å². The molecule has 0 saturated heterocycles. The summed E-state index contributed by atoms with van der Waals surface area (Å²) in [4.78, 5) is 2.07. The fourth-order valence-electron chi connectivity index (χ4n) is 3.43. The Morgan fingerprint density at radius 1 is 1.17 bits per heavy atom. The molecule has 1 aliphatic heterocycles. The SMILES string of the molecule is COc1cc2c(cc1OC)CN(CCCNS(=O)(=O)c1cccc(Cl)c1O)CC2. The number of phenolic OH excluding ortho intramolecular Hbond substituents is 1. The molecule has 1 heterocycles. The molecule has 0 aromatic heterocycles. The third-order valence-corrected chi connectivity index (χ3v) is 6.78. The van der Waals surface area contributed by atoms with E-state index in [1.54, 1.807) is 14.2 Å². The first-order valence-corrected chi connectivity index (χ1v) is 11.1. The third-order valence-electron chi connectivity index (χ3n) is 4.98. The van der Waals surface area contributed by atoms with Crippen molar-refractivity contribution in [2.24, 2.45) is 0 Å². The van der Waals surface area contributed by atoms with E-state index in [9.17, 15) is 13.5 Å². The Hall–Kier alpha value is -2.00. The third kappa shape index (κ3) is 4.95. The van der Waals surface area contributed by atoms with E-state index in [1.165, 1.54) is 29.3 Å². The highest BCUT2D eigenvalue weighted by Gasteiger charge is 2.21. The topological polar surface area (TPSA) is 88.1 Å². The van der Waals surface area contributed by atoms with Crippen LogP contribution in [0, 0.1) is 0 Å². The minimum atomic E-state index is -3.82. The van der Waals surface area contributed by atoms with Crippen molar-refractivity contribution in [3.8, 4) is 17.2 Å². The summed E-state index contributed by atoms with van der Waals surface area (Å²) >= 11 is 5.80. The highest BCUT2D eigenvalue weighted by molar-refractivity contribution is 7.89. The number of ether oxygens (including phenoxy) is 2. The van der Waals surface area contributed by atoms with E-state index < -0.39 is 15.8 Å². The van der Waals surface area contributed by atoms with Gasteiger partial charge < -0.3 is 14.6 Å². The molecule has 0 saturated carbocycles. The van der Waals surface area contributed by atoms with Gasteiger partial charge in [0.05, 0.1) is 19.2 Å². The molecule has 158 valence electrons. The van der Waals surface area contributed by atoms with E-state index in [2.05, 4.69) is 9.62 Å². The van der Waals surface area contributed by atoms with Gasteiger partial charge in [-0.2, -0.15) is 0 Å². The Morgan fingerprint density at radius 2 is 1.86 bits per heavy atom. The maximum Gasteiger partial charge on any atom is 0.244 e. The fourth-order valence-corrected chi connectivity index (χ4v) is 4.85. The van der Waals surface area contributed by atoms with Crippen molar-refractivity contribution in [1.82, 2.24) is 9.62 Å². The average Bonchev–Trinajstić information content (AvgIpc) is 2.71. The van der Waals surface area contributed by atoms with Crippen LogP contribution >= 0.6 is 11.6 Å². The van der Waals surface area contributed by atoms with Crippen LogP contribution in [-0.4, -0.2) is 52.3 Å². The molecule has 7 nitrogen and oxygen atoms in total. The Bertz CT molecular complexity index is 981. The van der Waals surface area contributed by atoms with Gasteiger partial charge in [-0.25, -0.2) is 13.1 Å². The quantitative estimate of drug-likeness (QED) is 0.614. The van der Waals surface area contributed by atoms with E-state index >= 15 is 0 Å². The zero-order valence-electron chi connectivity index (χ0n) is 16.4. The van der Waals surface area contributed by atoms with E-state index in [4.69, 9.17) is 21.1 Å². The molecule has 0 aliphatic carbocycles. The van der Waals surface area contributed by atoms with Gasteiger partial charge in [-0.1, -0.05) is 17.7 Å². The summed E-state index contributed by atoms with van der Waals surface area (Å²) in [7, 11) is -0.567. The van der Waals surface area contributed by atoms with Crippen LogP contribution < -0.4 is 14.2 Å². The number of phenols is 1. The van der Waals surface area contributed by atoms with Gasteiger partial charge in [0.25, 0.3) is 0 Å². The number of rotatable bonds is 8. The molecule has 0 fully saturated rings. The smallest absolute Gasteiger partial charge is 0.244 e. The minimum Gasteiger partial charge on any atom is -0.505 e. The summed E-state index contributed by atoms with van der Waals surface area (Å²) in [6, 6.07) is 8.29. The predicted octanol–water partition coefficient (Wildman–Crippen LogP) is 2.79. The summed E-state index contributed by atoms with van der Waals surface area (Å²) in [5.74, 6) is 1.01. The number of nitrogens with zero attached hydrogens (tertiary/aromatic N) is 1. The maximum atomic E-state index is 12.4. The van der Waals surface area contributed by atoms with Gasteiger partial charge in [0.1, 0.15) is 4.90 Å². The predicted molar refractivity (Wildman–Crippen MR) is 111 cm³/mol. The van der Waals surface area contributed by atoms with E-state index in [1.807, 2.05) is 12.1 Å². The van der Waals surface area contributed by atoms with Crippen molar-refractivity contribution in [1.29, 1.82) is 0 Å². The van der Waals surface area contributed by atoms with Gasteiger partial charge >= 0.3 is 0 Å². The normalized spacial score (nSPS) is 14.4. The first-order valence-electron chi connectivity index (χ1n) is 9.29. The highest BCUT2D eigenvalue weighted by atomic mass is 35.5. The zero-order chi connectivity index (χ0) is 21.0. The van der Waals surface area contributed by atoms with E-state index in [0.717, 1.165) is 31.8 Å². The Balaban J connectivity index is 1.55. The Labute approximate surface area is 176 Å². The molecule has 1 aliphatic rings. The number of para-hydroxylation sites is 1. The standard InChI is InChI=1S/C20H25ClN2O5S/c1-27-17-11-14-7-10-23(13-15(14)12-18(17)28-2)9-4-8-22-29(25,26)19-6-3-5-16(21)20(19)24/h3,5-6,11-12,22,24H,4,7-10,13H2,1-2H3. The molecule has 2 N–H and O–H groups in total. The summed E-state index contributed by atoms with van der Waals surface area (Å²) in [5.41, 5.74) is 2.44. The molecule has 2 aromatic rings. The van der Waals surface area contributed by atoms with Crippen LogP contribution in [0.2, 0.25) is 5.02 Å². The van der Waals surface area contributed by atoms with E-state index in [-0.39, 0.29) is 16.5 Å². The molecular weight excluding hydrogens is 416 g/mol. The lowest BCUT2D eigenvalue weighted by molar-refractivity contribution is 0.250. The molecule has 0 spiro atoms. The van der Waals surface area contributed by atoms with Gasteiger partial charge in [0.15, 0.2) is 17.2 Å². The second-order valence-corrected chi connectivity index (χ2v) is 8.98. The lowest BCUT2D eigenvalue weighted by atomic mass is 9.98. The van der Waals surface area contributed by atoms with Gasteiger partial charge in [-0.05, 0) is 54.8 Å². The van der Waals surface area contributed by atoms with Gasteiger partial charge in [0, 0.05) is 19.6 Å². The minimum absolute atomic E-state index is 0.00640. The molecule has 0 unspecified atom stereocenters. The second kappa shape index (κ2) is 9.21. The van der Waals surface area contributed by atoms with Crippen LogP contribution in [0.4, 0.5) is 0 Å². The van der Waals surface area contributed by atoms with E-state index in [0.29, 0.717) is 12.2 Å². The van der Waals surface area contributed by atoms with Crippen LogP contribution in [0.1, 0.15) is 17.5 Å². The summed E-state index contributed by atoms with van der Waals surface area (Å²) in [6.45, 7) is 2.68. The maximum absolute atomic E-state index is 12.4. The molecule has 0 amide bonds. The second-order valence-electron chi connectivity index (χ2n) is 6.84. The zero-order valence-corrected chi connectivity index (χ0v) is 18.0. The average molecular weight is 441 g/mol. The summed E-state index contributed by atoms with van der Waals surface area (Å²) < 4.78 is 38.0. The number of aromatic hydroxyl groups is 1. The van der Waals surface area contributed by atoms with Crippen molar-refractivity contribution in [2.75, 3.05) is 33.9 Å². The monoisotopic (exact) mass is 440 g/mol. The molecule has 9 heteroatoms. The number of hydrogen-bond donors (Lipinski definition) is 2. The molecular formula is C20H25ClN2O5S. The van der Waals surface area contributed by atoms with Gasteiger partial charge in [-0.3, -0.25) is 4.90 Å².